The molecular weight excluding hydrogens is 420 g/mol. The summed E-state index contributed by atoms with van der Waals surface area (Å²) in [5.41, 5.74) is 1.78. The average molecular weight is 447 g/mol. The fourth-order valence-electron chi connectivity index (χ4n) is 3.51. The lowest BCUT2D eigenvalue weighted by atomic mass is 9.85. The Balaban J connectivity index is 1.71. The summed E-state index contributed by atoms with van der Waals surface area (Å²) in [7, 11) is 0. The van der Waals surface area contributed by atoms with Crippen LogP contribution in [-0.4, -0.2) is 42.1 Å². The van der Waals surface area contributed by atoms with Crippen molar-refractivity contribution < 1.29 is 24.2 Å². The molecule has 0 aliphatic carbocycles. The Kier molecular flexibility index (Phi) is 8.59. The van der Waals surface area contributed by atoms with Crippen LogP contribution in [0.25, 0.3) is 0 Å². The van der Waals surface area contributed by atoms with Gasteiger partial charge < -0.3 is 20.5 Å². The predicted octanol–water partition coefficient (Wildman–Crippen LogP) is 3.41. The Hall–Kier alpha value is -4.13. The van der Waals surface area contributed by atoms with E-state index in [1.807, 2.05) is 66.7 Å². The number of rotatable bonds is 11. The minimum Gasteiger partial charge on any atom is -0.486 e. The number of hydrogen-bond donors (Lipinski definition) is 3. The maximum Gasteiger partial charge on any atom is 0.405 e. The van der Waals surface area contributed by atoms with Crippen molar-refractivity contribution in [2.45, 2.75) is 18.4 Å². The molecule has 0 spiro atoms. The number of para-hydroxylation sites is 1. The van der Waals surface area contributed by atoms with Crippen LogP contribution in [-0.2, 0) is 16.0 Å². The van der Waals surface area contributed by atoms with Crippen LogP contribution in [0.15, 0.2) is 91.0 Å². The molecule has 3 N–H and O–H groups in total. The first kappa shape index (κ1) is 23.5. The highest BCUT2D eigenvalue weighted by Gasteiger charge is 2.31. The van der Waals surface area contributed by atoms with Gasteiger partial charge in [-0.15, -0.1) is 0 Å². The molecule has 0 aliphatic heterocycles. The molecule has 0 saturated carbocycles. The highest BCUT2D eigenvalue weighted by Crippen LogP contribution is 2.25. The molecule has 0 bridgehead atoms. The lowest BCUT2D eigenvalue weighted by Gasteiger charge is -2.27. The summed E-state index contributed by atoms with van der Waals surface area (Å²) in [4.78, 5) is 36.8. The van der Waals surface area contributed by atoms with Gasteiger partial charge in [-0.2, -0.15) is 0 Å². The van der Waals surface area contributed by atoms with E-state index in [4.69, 9.17) is 4.74 Å². The summed E-state index contributed by atoms with van der Waals surface area (Å²) in [6.45, 7) is -0.468. The van der Waals surface area contributed by atoms with Gasteiger partial charge in [0.2, 0.25) is 5.91 Å². The zero-order valence-corrected chi connectivity index (χ0v) is 18.0. The van der Waals surface area contributed by atoms with Gasteiger partial charge in [0.15, 0.2) is 5.78 Å². The summed E-state index contributed by atoms with van der Waals surface area (Å²) >= 11 is 0. The maximum atomic E-state index is 13.0. The number of carbonyl (C=O) groups is 3. The van der Waals surface area contributed by atoms with Crippen molar-refractivity contribution in [1.82, 2.24) is 10.6 Å². The summed E-state index contributed by atoms with van der Waals surface area (Å²) in [6, 6.07) is 26.6. The molecule has 0 heterocycles. The highest BCUT2D eigenvalue weighted by atomic mass is 16.5. The summed E-state index contributed by atoms with van der Waals surface area (Å²) in [6.07, 6.45) is -0.878. The third-order valence-corrected chi connectivity index (χ3v) is 5.09. The Morgan fingerprint density at radius 1 is 0.818 bits per heavy atom. The first-order chi connectivity index (χ1) is 16.0. The molecule has 3 rings (SSSR count). The van der Waals surface area contributed by atoms with Gasteiger partial charge in [-0.05, 0) is 29.7 Å². The Morgan fingerprint density at radius 2 is 1.39 bits per heavy atom. The quantitative estimate of drug-likeness (QED) is 0.419. The van der Waals surface area contributed by atoms with Crippen LogP contribution in [0.3, 0.4) is 0 Å². The molecule has 0 aliphatic rings. The van der Waals surface area contributed by atoms with Crippen LogP contribution in [0.5, 0.6) is 5.75 Å². The van der Waals surface area contributed by atoms with Gasteiger partial charge in [0.05, 0.1) is 6.54 Å². The highest BCUT2D eigenvalue weighted by molar-refractivity contribution is 5.91. The second-order valence-electron chi connectivity index (χ2n) is 7.49. The number of amides is 2. The molecule has 33 heavy (non-hydrogen) atoms. The number of carboxylic acid groups (broad SMARTS) is 1. The lowest BCUT2D eigenvalue weighted by molar-refractivity contribution is -0.127. The molecule has 2 amide bonds. The molecule has 3 aromatic rings. The van der Waals surface area contributed by atoms with Crippen LogP contribution in [0.4, 0.5) is 4.79 Å². The maximum absolute atomic E-state index is 13.0. The van der Waals surface area contributed by atoms with Crippen LogP contribution < -0.4 is 15.4 Å². The largest absolute Gasteiger partial charge is 0.486 e. The van der Waals surface area contributed by atoms with E-state index in [0.29, 0.717) is 12.2 Å². The van der Waals surface area contributed by atoms with Gasteiger partial charge in [-0.1, -0.05) is 78.9 Å². The fourth-order valence-corrected chi connectivity index (χ4v) is 3.51. The number of nitrogens with one attached hydrogen (secondary N) is 2. The minimum absolute atomic E-state index is 0.201. The van der Waals surface area contributed by atoms with Crippen molar-refractivity contribution in [2.24, 2.45) is 0 Å². The van der Waals surface area contributed by atoms with Crippen molar-refractivity contribution in [3.05, 3.63) is 102 Å². The summed E-state index contributed by atoms with van der Waals surface area (Å²) < 4.78 is 5.41. The molecule has 2 atom stereocenters. The van der Waals surface area contributed by atoms with Gasteiger partial charge >= 0.3 is 6.09 Å². The van der Waals surface area contributed by atoms with Crippen molar-refractivity contribution >= 4 is 17.8 Å². The van der Waals surface area contributed by atoms with E-state index in [1.165, 1.54) is 0 Å². The minimum atomic E-state index is -1.32. The molecule has 7 heteroatoms. The molecule has 3 aromatic carbocycles. The van der Waals surface area contributed by atoms with E-state index in [1.54, 1.807) is 24.3 Å². The van der Waals surface area contributed by atoms with Crippen molar-refractivity contribution in [1.29, 1.82) is 0 Å². The Labute approximate surface area is 192 Å². The van der Waals surface area contributed by atoms with Crippen LogP contribution in [0.2, 0.25) is 0 Å². The Bertz CT molecular complexity index is 1040. The van der Waals surface area contributed by atoms with Gasteiger partial charge in [-0.3, -0.25) is 9.59 Å². The van der Waals surface area contributed by atoms with E-state index in [2.05, 4.69) is 10.6 Å². The van der Waals surface area contributed by atoms with Gasteiger partial charge in [0.25, 0.3) is 0 Å². The molecule has 0 saturated heterocycles. The number of ketones is 1. The van der Waals surface area contributed by atoms with Crippen LogP contribution in [0, 0.1) is 0 Å². The molecule has 2 unspecified atom stereocenters. The number of benzene rings is 3. The number of carbonyl (C=O) groups excluding carboxylic acids is 2. The zero-order chi connectivity index (χ0) is 23.5. The lowest BCUT2D eigenvalue weighted by Crippen LogP contribution is -2.51. The molecule has 7 nitrogen and oxygen atoms in total. The number of Topliss-reactive ketones (excluding diaryl/α,β-unsaturated/α-hetero) is 1. The topological polar surface area (TPSA) is 105 Å². The SMILES string of the molecule is O=C(CNC(=O)C(NC(=O)O)C(Cc1ccccc1)c1ccccc1)COc1ccccc1. The normalized spacial score (nSPS) is 12.2. The second-order valence-corrected chi connectivity index (χ2v) is 7.49. The summed E-state index contributed by atoms with van der Waals surface area (Å²) in [5.74, 6) is -0.828. The molecule has 0 aromatic heterocycles. The van der Waals surface area contributed by atoms with E-state index in [0.717, 1.165) is 11.1 Å². The summed E-state index contributed by atoms with van der Waals surface area (Å²) in [5, 5.41) is 14.3. The monoisotopic (exact) mass is 446 g/mol. The van der Waals surface area contributed by atoms with E-state index < -0.39 is 24.0 Å². The van der Waals surface area contributed by atoms with Crippen molar-refractivity contribution in [3.8, 4) is 5.75 Å². The van der Waals surface area contributed by atoms with Gasteiger partial charge in [0, 0.05) is 5.92 Å². The second kappa shape index (κ2) is 12.0. The predicted molar refractivity (Wildman–Crippen MR) is 124 cm³/mol. The van der Waals surface area contributed by atoms with Crippen molar-refractivity contribution in [2.75, 3.05) is 13.2 Å². The first-order valence-electron chi connectivity index (χ1n) is 10.6. The molecular formula is C26H26N2O5. The average Bonchev–Trinajstić information content (AvgIpc) is 2.85. The van der Waals surface area contributed by atoms with E-state index >= 15 is 0 Å². The zero-order valence-electron chi connectivity index (χ0n) is 18.0. The third kappa shape index (κ3) is 7.50. The number of ether oxygens (including phenoxy) is 1. The standard InChI is InChI=1S/C26H26N2O5/c29-21(18-33-22-14-8-3-9-15-22)17-27-25(30)24(28-26(31)32)23(20-12-6-2-7-13-20)16-19-10-4-1-5-11-19/h1-15,23-24,28H,16-18H2,(H,27,30)(H,31,32). The fraction of sp³-hybridized carbons (Fsp3) is 0.192. The first-order valence-corrected chi connectivity index (χ1v) is 10.6. The van der Waals surface area contributed by atoms with Gasteiger partial charge in [-0.25, -0.2) is 4.79 Å². The molecule has 0 fully saturated rings. The number of hydrogen-bond acceptors (Lipinski definition) is 4. The van der Waals surface area contributed by atoms with Gasteiger partial charge in [0.1, 0.15) is 18.4 Å². The van der Waals surface area contributed by atoms with E-state index in [-0.39, 0.29) is 18.9 Å². The van der Waals surface area contributed by atoms with Crippen LogP contribution >= 0.6 is 0 Å². The van der Waals surface area contributed by atoms with Crippen LogP contribution in [0.1, 0.15) is 17.0 Å². The molecule has 170 valence electrons. The van der Waals surface area contributed by atoms with Crippen molar-refractivity contribution in [3.63, 3.8) is 0 Å². The Morgan fingerprint density at radius 3 is 2.00 bits per heavy atom. The van der Waals surface area contributed by atoms with E-state index in [9.17, 15) is 19.5 Å². The smallest absolute Gasteiger partial charge is 0.405 e. The molecule has 0 radical (unpaired) electrons. The third-order valence-electron chi connectivity index (χ3n) is 5.09.